The Kier molecular flexibility index (Phi) is 3.08. The van der Waals surface area contributed by atoms with Gasteiger partial charge in [0.25, 0.3) is 5.91 Å². The summed E-state index contributed by atoms with van der Waals surface area (Å²) < 4.78 is 11.2. The van der Waals surface area contributed by atoms with Crippen LogP contribution >= 0.6 is 0 Å². The molecule has 0 aliphatic carbocycles. The van der Waals surface area contributed by atoms with Gasteiger partial charge in [0.15, 0.2) is 11.5 Å². The van der Waals surface area contributed by atoms with E-state index in [2.05, 4.69) is 9.97 Å². The summed E-state index contributed by atoms with van der Waals surface area (Å²) in [6.45, 7) is 1.07. The molecule has 0 atom stereocenters. The van der Waals surface area contributed by atoms with Gasteiger partial charge < -0.3 is 15.2 Å². The average Bonchev–Trinajstić information content (AvgIpc) is 2.60. The summed E-state index contributed by atoms with van der Waals surface area (Å²) in [5.41, 5.74) is 7.93. The van der Waals surface area contributed by atoms with Crippen molar-refractivity contribution in [2.24, 2.45) is 5.73 Å². The van der Waals surface area contributed by atoms with Crippen LogP contribution in [-0.2, 0) is 0 Å². The van der Waals surface area contributed by atoms with E-state index < -0.39 is 5.91 Å². The molecule has 1 aromatic carbocycles. The number of hydrogen-bond donors (Lipinski definition) is 1. The van der Waals surface area contributed by atoms with E-state index in [0.717, 1.165) is 22.3 Å². The quantitative estimate of drug-likeness (QED) is 0.784. The summed E-state index contributed by atoms with van der Waals surface area (Å²) in [4.78, 5) is 20.0. The van der Waals surface area contributed by atoms with E-state index in [1.54, 1.807) is 24.5 Å². The Morgan fingerprint density at radius 1 is 1.04 bits per heavy atom. The number of pyridine rings is 2. The highest BCUT2D eigenvalue weighted by Gasteiger charge is 2.15. The molecule has 1 aliphatic heterocycles. The maximum absolute atomic E-state index is 11.4. The minimum Gasteiger partial charge on any atom is -0.486 e. The Bertz CT molecular complexity index is 924. The van der Waals surface area contributed by atoms with Crippen molar-refractivity contribution in [1.29, 1.82) is 0 Å². The van der Waals surface area contributed by atoms with E-state index in [1.165, 1.54) is 0 Å². The average molecular weight is 307 g/mol. The van der Waals surface area contributed by atoms with Crippen LogP contribution < -0.4 is 15.2 Å². The van der Waals surface area contributed by atoms with Gasteiger partial charge in [-0.1, -0.05) is 6.07 Å². The normalized spacial score (nSPS) is 13.0. The maximum atomic E-state index is 11.4. The smallest absolute Gasteiger partial charge is 0.267 e. The van der Waals surface area contributed by atoms with Crippen molar-refractivity contribution in [3.8, 4) is 22.6 Å². The van der Waals surface area contributed by atoms with E-state index in [9.17, 15) is 4.79 Å². The first kappa shape index (κ1) is 13.5. The molecule has 1 amide bonds. The fourth-order valence-corrected chi connectivity index (χ4v) is 2.60. The van der Waals surface area contributed by atoms with Crippen molar-refractivity contribution in [2.45, 2.75) is 0 Å². The lowest BCUT2D eigenvalue weighted by atomic mass is 10.0. The third-order valence-corrected chi connectivity index (χ3v) is 3.70. The van der Waals surface area contributed by atoms with Crippen LogP contribution in [0.2, 0.25) is 0 Å². The summed E-state index contributed by atoms with van der Waals surface area (Å²) in [6.07, 6.45) is 3.42. The van der Waals surface area contributed by atoms with Crippen molar-refractivity contribution in [3.63, 3.8) is 0 Å². The molecule has 4 rings (SSSR count). The Morgan fingerprint density at radius 2 is 1.87 bits per heavy atom. The SMILES string of the molecule is NC(=O)c1ccc2cncc(-c3ccc4c(c3)OCCO4)c2n1. The molecule has 0 unspecified atom stereocenters. The lowest BCUT2D eigenvalue weighted by molar-refractivity contribution is 0.0996. The summed E-state index contributed by atoms with van der Waals surface area (Å²) in [5.74, 6) is 0.854. The zero-order valence-corrected chi connectivity index (χ0v) is 12.2. The van der Waals surface area contributed by atoms with Crippen molar-refractivity contribution in [1.82, 2.24) is 9.97 Å². The van der Waals surface area contributed by atoms with Crippen LogP contribution in [0.4, 0.5) is 0 Å². The molecule has 0 bridgehead atoms. The van der Waals surface area contributed by atoms with Gasteiger partial charge in [0.05, 0.1) is 5.52 Å². The molecule has 6 heteroatoms. The number of nitrogens with zero attached hydrogens (tertiary/aromatic N) is 2. The number of aromatic nitrogens is 2. The molecular formula is C17H13N3O3. The van der Waals surface area contributed by atoms with Crippen molar-refractivity contribution < 1.29 is 14.3 Å². The van der Waals surface area contributed by atoms with Crippen molar-refractivity contribution in [3.05, 3.63) is 48.4 Å². The standard InChI is InChI=1S/C17H13N3O3/c18-17(21)13-3-1-11-8-19-9-12(16(11)20-13)10-2-4-14-15(7-10)23-6-5-22-14/h1-4,7-9H,5-6H2,(H2,18,21). The van der Waals surface area contributed by atoms with Gasteiger partial charge in [-0.25, -0.2) is 4.98 Å². The van der Waals surface area contributed by atoms with E-state index in [-0.39, 0.29) is 5.69 Å². The first-order chi connectivity index (χ1) is 11.2. The van der Waals surface area contributed by atoms with Gasteiger partial charge in [-0.15, -0.1) is 0 Å². The molecule has 0 fully saturated rings. The molecular weight excluding hydrogens is 294 g/mol. The molecule has 23 heavy (non-hydrogen) atoms. The second-order valence-electron chi connectivity index (χ2n) is 5.18. The van der Waals surface area contributed by atoms with Crippen LogP contribution in [0.25, 0.3) is 22.0 Å². The second-order valence-corrected chi connectivity index (χ2v) is 5.18. The summed E-state index contributed by atoms with van der Waals surface area (Å²) in [5, 5.41) is 0.836. The van der Waals surface area contributed by atoms with Gasteiger partial charge in [0, 0.05) is 23.3 Å². The number of nitrogens with two attached hydrogens (primary N) is 1. The molecule has 1 aliphatic rings. The van der Waals surface area contributed by atoms with Crippen LogP contribution in [0.5, 0.6) is 11.5 Å². The number of hydrogen-bond acceptors (Lipinski definition) is 5. The zero-order chi connectivity index (χ0) is 15.8. The second kappa shape index (κ2) is 5.24. The van der Waals surface area contributed by atoms with Crippen LogP contribution in [0.1, 0.15) is 10.5 Å². The highest BCUT2D eigenvalue weighted by atomic mass is 16.6. The molecule has 2 aromatic heterocycles. The summed E-state index contributed by atoms with van der Waals surface area (Å²) >= 11 is 0. The molecule has 3 heterocycles. The molecule has 0 saturated heterocycles. The number of rotatable bonds is 2. The fourth-order valence-electron chi connectivity index (χ4n) is 2.60. The van der Waals surface area contributed by atoms with Crippen LogP contribution in [0, 0.1) is 0 Å². The number of carbonyl (C=O) groups is 1. The molecule has 0 radical (unpaired) electrons. The minimum absolute atomic E-state index is 0.225. The summed E-state index contributed by atoms with van der Waals surface area (Å²) in [7, 11) is 0. The molecule has 0 spiro atoms. The van der Waals surface area contributed by atoms with Gasteiger partial charge in [0.1, 0.15) is 18.9 Å². The van der Waals surface area contributed by atoms with Gasteiger partial charge in [0.2, 0.25) is 0 Å². The zero-order valence-electron chi connectivity index (χ0n) is 12.2. The Labute approximate surface area is 131 Å². The molecule has 6 nitrogen and oxygen atoms in total. The first-order valence-electron chi connectivity index (χ1n) is 7.17. The van der Waals surface area contributed by atoms with E-state index in [1.807, 2.05) is 18.2 Å². The number of amides is 1. The van der Waals surface area contributed by atoms with E-state index in [0.29, 0.717) is 24.5 Å². The predicted octanol–water partition coefficient (Wildman–Crippen LogP) is 2.17. The first-order valence-corrected chi connectivity index (χ1v) is 7.17. The van der Waals surface area contributed by atoms with Crippen molar-refractivity contribution >= 4 is 16.8 Å². The highest BCUT2D eigenvalue weighted by molar-refractivity contribution is 5.98. The van der Waals surface area contributed by atoms with Gasteiger partial charge in [-0.3, -0.25) is 9.78 Å². The fraction of sp³-hybridized carbons (Fsp3) is 0.118. The third-order valence-electron chi connectivity index (χ3n) is 3.70. The maximum Gasteiger partial charge on any atom is 0.267 e. The topological polar surface area (TPSA) is 87.3 Å². The van der Waals surface area contributed by atoms with Crippen molar-refractivity contribution in [2.75, 3.05) is 13.2 Å². The number of carbonyl (C=O) groups excluding carboxylic acids is 1. The third kappa shape index (κ3) is 2.34. The Balaban J connectivity index is 1.91. The predicted molar refractivity (Wildman–Crippen MR) is 84.5 cm³/mol. The molecule has 114 valence electrons. The lowest BCUT2D eigenvalue weighted by Gasteiger charge is -2.19. The van der Waals surface area contributed by atoms with Crippen LogP contribution in [0.3, 0.4) is 0 Å². The Hall–Kier alpha value is -3.15. The number of benzene rings is 1. The van der Waals surface area contributed by atoms with Crippen LogP contribution in [0.15, 0.2) is 42.7 Å². The Morgan fingerprint density at radius 3 is 2.70 bits per heavy atom. The highest BCUT2D eigenvalue weighted by Crippen LogP contribution is 2.36. The minimum atomic E-state index is -0.558. The van der Waals surface area contributed by atoms with Gasteiger partial charge >= 0.3 is 0 Å². The molecule has 2 N–H and O–H groups in total. The van der Waals surface area contributed by atoms with Gasteiger partial charge in [-0.05, 0) is 29.8 Å². The number of fused-ring (bicyclic) bond motifs is 2. The summed E-state index contributed by atoms with van der Waals surface area (Å²) in [6, 6.07) is 9.06. The van der Waals surface area contributed by atoms with E-state index in [4.69, 9.17) is 15.2 Å². The lowest BCUT2D eigenvalue weighted by Crippen LogP contribution is -2.15. The van der Waals surface area contributed by atoms with E-state index >= 15 is 0 Å². The number of primary amides is 1. The number of ether oxygens (including phenoxy) is 2. The molecule has 3 aromatic rings. The molecule has 0 saturated carbocycles. The van der Waals surface area contributed by atoms with Gasteiger partial charge in [-0.2, -0.15) is 0 Å². The monoisotopic (exact) mass is 307 g/mol. The largest absolute Gasteiger partial charge is 0.486 e. The van der Waals surface area contributed by atoms with Crippen LogP contribution in [-0.4, -0.2) is 29.1 Å².